The third kappa shape index (κ3) is 4.53. The third-order valence-electron chi connectivity index (χ3n) is 4.71. The van der Waals surface area contributed by atoms with Gasteiger partial charge in [0.25, 0.3) is 0 Å². The summed E-state index contributed by atoms with van der Waals surface area (Å²) in [5, 5.41) is 15.4. The van der Waals surface area contributed by atoms with Crippen LogP contribution < -0.4 is 10.1 Å². The predicted molar refractivity (Wildman–Crippen MR) is 103 cm³/mol. The van der Waals surface area contributed by atoms with E-state index >= 15 is 0 Å². The predicted octanol–water partition coefficient (Wildman–Crippen LogP) is 4.05. The molecule has 1 fully saturated rings. The number of amides is 2. The minimum absolute atomic E-state index is 0.0114. The van der Waals surface area contributed by atoms with Crippen molar-refractivity contribution in [1.29, 1.82) is 0 Å². The molecule has 26 heavy (non-hydrogen) atoms. The summed E-state index contributed by atoms with van der Waals surface area (Å²) in [6.45, 7) is 0.691. The molecule has 2 amide bonds. The number of pyridine rings is 1. The summed E-state index contributed by atoms with van der Waals surface area (Å²) in [4.78, 5) is 19.8. The molecule has 2 N–H and O–H groups in total. The zero-order valence-electron chi connectivity index (χ0n) is 14.9. The highest BCUT2D eigenvalue weighted by atomic mass is 32.1. The number of ether oxygens (including phenoxy) is 1. The van der Waals surface area contributed by atoms with Gasteiger partial charge in [0, 0.05) is 23.7 Å². The maximum Gasteiger partial charge on any atom is 0.322 e. The fourth-order valence-corrected chi connectivity index (χ4v) is 4.10. The van der Waals surface area contributed by atoms with Crippen LogP contribution in [0.4, 0.5) is 10.5 Å². The molecule has 1 aliphatic rings. The average Bonchev–Trinajstić information content (AvgIpc) is 3.09. The summed E-state index contributed by atoms with van der Waals surface area (Å²) in [6.07, 6.45) is 5.69. The topological polar surface area (TPSA) is 74.7 Å². The standard InChI is InChI=1S/C19H25N3O3S/c1-25-18-15(8-5-10-20-18)21-19(24)22-11-4-2-3-7-14(22)13-16(23)17-9-6-12-26-17/h5-6,8-10,12,14,16,23H,2-4,7,11,13H2,1H3,(H,21,24). The largest absolute Gasteiger partial charge is 0.480 e. The molecule has 3 rings (SSSR count). The van der Waals surface area contributed by atoms with Gasteiger partial charge in [-0.05, 0) is 42.8 Å². The van der Waals surface area contributed by atoms with Gasteiger partial charge < -0.3 is 20.1 Å². The summed E-state index contributed by atoms with van der Waals surface area (Å²) < 4.78 is 5.22. The first kappa shape index (κ1) is 18.7. The number of urea groups is 1. The van der Waals surface area contributed by atoms with Crippen molar-refractivity contribution in [3.8, 4) is 5.88 Å². The Morgan fingerprint density at radius 2 is 2.31 bits per heavy atom. The second-order valence-corrected chi connectivity index (χ2v) is 7.43. The zero-order valence-corrected chi connectivity index (χ0v) is 15.7. The molecule has 2 atom stereocenters. The first-order valence-electron chi connectivity index (χ1n) is 8.97. The summed E-state index contributed by atoms with van der Waals surface area (Å²) in [7, 11) is 1.53. The number of nitrogens with zero attached hydrogens (tertiary/aromatic N) is 2. The van der Waals surface area contributed by atoms with Crippen LogP contribution in [0.1, 0.15) is 43.1 Å². The lowest BCUT2D eigenvalue weighted by molar-refractivity contribution is 0.118. The summed E-state index contributed by atoms with van der Waals surface area (Å²) in [6, 6.07) is 7.26. The molecular weight excluding hydrogens is 350 g/mol. The number of hydrogen-bond donors (Lipinski definition) is 2. The molecule has 0 aromatic carbocycles. The number of carbonyl (C=O) groups excluding carboxylic acids is 1. The smallest absolute Gasteiger partial charge is 0.322 e. The molecule has 2 unspecified atom stereocenters. The molecule has 1 saturated heterocycles. The van der Waals surface area contributed by atoms with Gasteiger partial charge in [0.05, 0.1) is 13.2 Å². The maximum absolute atomic E-state index is 12.9. The van der Waals surface area contributed by atoms with E-state index in [4.69, 9.17) is 4.74 Å². The van der Waals surface area contributed by atoms with Crippen LogP contribution in [0, 0.1) is 0 Å². The molecule has 6 nitrogen and oxygen atoms in total. The lowest BCUT2D eigenvalue weighted by Gasteiger charge is -2.31. The molecule has 2 aromatic heterocycles. The van der Waals surface area contributed by atoms with Crippen LogP contribution in [-0.2, 0) is 0 Å². The number of thiophene rings is 1. The van der Waals surface area contributed by atoms with Crippen LogP contribution >= 0.6 is 11.3 Å². The molecule has 3 heterocycles. The van der Waals surface area contributed by atoms with Gasteiger partial charge in [-0.3, -0.25) is 0 Å². The van der Waals surface area contributed by atoms with E-state index in [0.717, 1.165) is 30.6 Å². The van der Waals surface area contributed by atoms with Crippen molar-refractivity contribution >= 4 is 23.1 Å². The van der Waals surface area contributed by atoms with Gasteiger partial charge in [-0.2, -0.15) is 0 Å². The second-order valence-electron chi connectivity index (χ2n) is 6.45. The number of carbonyl (C=O) groups is 1. The van der Waals surface area contributed by atoms with Crippen LogP contribution in [0.25, 0.3) is 0 Å². The summed E-state index contributed by atoms with van der Waals surface area (Å²) >= 11 is 1.55. The lowest BCUT2D eigenvalue weighted by Crippen LogP contribution is -2.43. The van der Waals surface area contributed by atoms with Gasteiger partial charge in [-0.1, -0.05) is 18.9 Å². The summed E-state index contributed by atoms with van der Waals surface area (Å²) in [5.74, 6) is 0.394. The molecule has 0 aliphatic carbocycles. The maximum atomic E-state index is 12.9. The number of anilines is 1. The van der Waals surface area contributed by atoms with E-state index < -0.39 is 6.10 Å². The number of aliphatic hydroxyl groups excluding tert-OH is 1. The van der Waals surface area contributed by atoms with Crippen LogP contribution in [0.2, 0.25) is 0 Å². The van der Waals surface area contributed by atoms with Crippen molar-refractivity contribution in [2.24, 2.45) is 0 Å². The minimum atomic E-state index is -0.540. The first-order chi connectivity index (χ1) is 12.7. The normalized spacial score (nSPS) is 18.8. The Labute approximate surface area is 157 Å². The fraction of sp³-hybridized carbons (Fsp3) is 0.474. The van der Waals surface area contributed by atoms with Crippen molar-refractivity contribution in [2.75, 3.05) is 19.0 Å². The van der Waals surface area contributed by atoms with E-state index in [2.05, 4.69) is 10.3 Å². The number of hydrogen-bond acceptors (Lipinski definition) is 5. The highest BCUT2D eigenvalue weighted by Crippen LogP contribution is 2.29. The Balaban J connectivity index is 1.72. The van der Waals surface area contributed by atoms with Crippen molar-refractivity contribution in [3.63, 3.8) is 0 Å². The Bertz CT molecular complexity index is 708. The van der Waals surface area contributed by atoms with Gasteiger partial charge in [-0.15, -0.1) is 11.3 Å². The number of aromatic nitrogens is 1. The number of likely N-dealkylation sites (tertiary alicyclic amines) is 1. The molecule has 0 radical (unpaired) electrons. The number of methoxy groups -OCH3 is 1. The third-order valence-corrected chi connectivity index (χ3v) is 5.68. The second kappa shape index (κ2) is 9.00. The van der Waals surface area contributed by atoms with Crippen LogP contribution in [-0.4, -0.2) is 40.7 Å². The molecule has 0 spiro atoms. The van der Waals surface area contributed by atoms with Crippen LogP contribution in [0.5, 0.6) is 5.88 Å². The SMILES string of the molecule is COc1ncccc1NC(=O)N1CCCCCC1CC(O)c1cccs1. The number of nitrogens with one attached hydrogen (secondary N) is 1. The van der Waals surface area contributed by atoms with Crippen molar-refractivity contribution < 1.29 is 14.6 Å². The van der Waals surface area contributed by atoms with Crippen LogP contribution in [0.15, 0.2) is 35.8 Å². The van der Waals surface area contributed by atoms with E-state index in [1.165, 1.54) is 7.11 Å². The molecule has 7 heteroatoms. The monoisotopic (exact) mass is 375 g/mol. The highest BCUT2D eigenvalue weighted by Gasteiger charge is 2.28. The van der Waals surface area contributed by atoms with Gasteiger partial charge >= 0.3 is 6.03 Å². The van der Waals surface area contributed by atoms with E-state index in [9.17, 15) is 9.90 Å². The lowest BCUT2D eigenvalue weighted by atomic mass is 10.0. The highest BCUT2D eigenvalue weighted by molar-refractivity contribution is 7.10. The zero-order chi connectivity index (χ0) is 18.4. The van der Waals surface area contributed by atoms with Crippen molar-refractivity contribution in [2.45, 2.75) is 44.2 Å². The molecule has 0 bridgehead atoms. The van der Waals surface area contributed by atoms with E-state index in [1.54, 1.807) is 29.7 Å². The summed E-state index contributed by atoms with van der Waals surface area (Å²) in [5.41, 5.74) is 0.557. The number of aliphatic hydroxyl groups is 1. The van der Waals surface area contributed by atoms with Gasteiger partial charge in [0.2, 0.25) is 5.88 Å². The van der Waals surface area contributed by atoms with Crippen molar-refractivity contribution in [1.82, 2.24) is 9.88 Å². The molecular formula is C19H25N3O3S. The Kier molecular flexibility index (Phi) is 6.46. The Morgan fingerprint density at radius 3 is 3.08 bits per heavy atom. The van der Waals surface area contributed by atoms with E-state index in [-0.39, 0.29) is 12.1 Å². The quantitative estimate of drug-likeness (QED) is 0.827. The Morgan fingerprint density at radius 1 is 1.42 bits per heavy atom. The van der Waals surface area contributed by atoms with Gasteiger partial charge in [-0.25, -0.2) is 9.78 Å². The van der Waals surface area contributed by atoms with E-state index in [1.807, 2.05) is 22.4 Å². The minimum Gasteiger partial charge on any atom is -0.480 e. The average molecular weight is 375 g/mol. The molecule has 2 aromatic rings. The number of rotatable bonds is 5. The Hall–Kier alpha value is -2.12. The first-order valence-corrected chi connectivity index (χ1v) is 9.85. The van der Waals surface area contributed by atoms with Gasteiger partial charge in [0.15, 0.2) is 0 Å². The molecule has 0 saturated carbocycles. The van der Waals surface area contributed by atoms with Gasteiger partial charge in [0.1, 0.15) is 5.69 Å². The molecule has 140 valence electrons. The van der Waals surface area contributed by atoms with E-state index in [0.29, 0.717) is 24.5 Å². The van der Waals surface area contributed by atoms with Crippen LogP contribution in [0.3, 0.4) is 0 Å². The molecule has 1 aliphatic heterocycles. The van der Waals surface area contributed by atoms with Crippen molar-refractivity contribution in [3.05, 3.63) is 40.7 Å². The fourth-order valence-electron chi connectivity index (χ4n) is 3.38.